The van der Waals surface area contributed by atoms with Crippen LogP contribution in [0.4, 0.5) is 4.79 Å². The summed E-state index contributed by atoms with van der Waals surface area (Å²) in [4.78, 5) is 10.5. The van der Waals surface area contributed by atoms with Crippen LogP contribution in [0.2, 0.25) is 0 Å². The van der Waals surface area contributed by atoms with Gasteiger partial charge in [-0.05, 0) is 38.0 Å². The van der Waals surface area contributed by atoms with E-state index in [0.29, 0.717) is 5.92 Å². The Balaban J connectivity index is 1.93. The Morgan fingerprint density at radius 1 is 1.41 bits per heavy atom. The molecule has 1 fully saturated rings. The summed E-state index contributed by atoms with van der Waals surface area (Å²) in [7, 11) is 0. The van der Waals surface area contributed by atoms with Crippen LogP contribution >= 0.6 is 0 Å². The van der Waals surface area contributed by atoms with E-state index in [1.807, 2.05) is 38.1 Å². The molecule has 1 aromatic rings. The van der Waals surface area contributed by atoms with Crippen molar-refractivity contribution in [3.8, 4) is 5.75 Å². The van der Waals surface area contributed by atoms with E-state index in [1.165, 1.54) is 5.56 Å². The third-order valence-corrected chi connectivity index (χ3v) is 2.78. The molecule has 0 heterocycles. The number of amides is 1. The number of ether oxygens (including phenoxy) is 1. The Morgan fingerprint density at radius 2 is 2.06 bits per heavy atom. The largest absolute Gasteiger partial charge is 0.491 e. The van der Waals surface area contributed by atoms with Gasteiger partial charge in [-0.3, -0.25) is 0 Å². The number of hydrogen-bond acceptors (Lipinski definition) is 2. The monoisotopic (exact) mass is 235 g/mol. The first-order chi connectivity index (χ1) is 8.06. The molecule has 0 aromatic heterocycles. The van der Waals surface area contributed by atoms with Crippen molar-refractivity contribution in [2.75, 3.05) is 0 Å². The lowest BCUT2D eigenvalue weighted by atomic mass is 10.1. The Kier molecular flexibility index (Phi) is 3.22. The van der Waals surface area contributed by atoms with Crippen molar-refractivity contribution in [2.24, 2.45) is 0 Å². The fourth-order valence-corrected chi connectivity index (χ4v) is 1.95. The molecule has 1 aliphatic carbocycles. The van der Waals surface area contributed by atoms with Gasteiger partial charge in [-0.25, -0.2) is 4.79 Å². The summed E-state index contributed by atoms with van der Waals surface area (Å²) in [5.74, 6) is 1.17. The molecule has 0 saturated heterocycles. The van der Waals surface area contributed by atoms with Crippen LogP contribution in [-0.2, 0) is 0 Å². The maximum atomic E-state index is 10.5. The first kappa shape index (κ1) is 11.8. The van der Waals surface area contributed by atoms with E-state index in [2.05, 4.69) is 5.32 Å². The summed E-state index contributed by atoms with van der Waals surface area (Å²) in [5.41, 5.74) is 1.17. The van der Waals surface area contributed by atoms with Crippen LogP contribution in [0.15, 0.2) is 24.3 Å². The average molecular weight is 235 g/mol. The van der Waals surface area contributed by atoms with Crippen LogP contribution in [0, 0.1) is 0 Å². The lowest BCUT2D eigenvalue weighted by Gasteiger charge is -2.10. The summed E-state index contributed by atoms with van der Waals surface area (Å²) < 4.78 is 5.55. The predicted molar refractivity (Wildman–Crippen MR) is 64.5 cm³/mol. The highest BCUT2D eigenvalue weighted by Crippen LogP contribution is 2.41. The molecule has 2 atom stereocenters. The van der Waals surface area contributed by atoms with Crippen LogP contribution in [-0.4, -0.2) is 23.3 Å². The van der Waals surface area contributed by atoms with Crippen molar-refractivity contribution in [1.29, 1.82) is 0 Å². The summed E-state index contributed by atoms with van der Waals surface area (Å²) >= 11 is 0. The Bertz CT molecular complexity index is 400. The molecule has 4 nitrogen and oxygen atoms in total. The number of hydrogen-bond donors (Lipinski definition) is 2. The fourth-order valence-electron chi connectivity index (χ4n) is 1.95. The first-order valence-corrected chi connectivity index (χ1v) is 5.82. The minimum absolute atomic E-state index is 0.0735. The van der Waals surface area contributed by atoms with Gasteiger partial charge in [-0.15, -0.1) is 0 Å². The second-order valence-corrected chi connectivity index (χ2v) is 4.63. The standard InChI is InChI=1S/C13H17NO3/c1-8(2)17-10-5-3-9(4-6-10)11-7-12(11)14-13(15)16/h3-6,8,11-12,14H,7H2,1-2H3,(H,15,16). The third-order valence-electron chi connectivity index (χ3n) is 2.78. The fraction of sp³-hybridized carbons (Fsp3) is 0.462. The molecule has 2 N–H and O–H groups in total. The van der Waals surface area contributed by atoms with Crippen LogP contribution < -0.4 is 10.1 Å². The van der Waals surface area contributed by atoms with E-state index in [1.54, 1.807) is 0 Å². The molecule has 0 radical (unpaired) electrons. The van der Waals surface area contributed by atoms with Gasteiger partial charge in [-0.1, -0.05) is 12.1 Å². The van der Waals surface area contributed by atoms with Crippen LogP contribution in [0.3, 0.4) is 0 Å². The number of carboxylic acid groups (broad SMARTS) is 1. The predicted octanol–water partition coefficient (Wildman–Crippen LogP) is 2.60. The Labute approximate surface area is 101 Å². The Hall–Kier alpha value is -1.71. The van der Waals surface area contributed by atoms with Crippen LogP contribution in [0.1, 0.15) is 31.7 Å². The Morgan fingerprint density at radius 3 is 2.59 bits per heavy atom. The van der Waals surface area contributed by atoms with Crippen LogP contribution in [0.25, 0.3) is 0 Å². The van der Waals surface area contributed by atoms with Gasteiger partial charge in [-0.2, -0.15) is 0 Å². The maximum absolute atomic E-state index is 10.5. The normalized spacial score (nSPS) is 22.3. The lowest BCUT2D eigenvalue weighted by Crippen LogP contribution is -2.24. The first-order valence-electron chi connectivity index (χ1n) is 5.82. The maximum Gasteiger partial charge on any atom is 0.404 e. The van der Waals surface area contributed by atoms with Gasteiger partial charge in [0.25, 0.3) is 0 Å². The second-order valence-electron chi connectivity index (χ2n) is 4.63. The molecule has 1 amide bonds. The molecule has 0 spiro atoms. The highest BCUT2D eigenvalue weighted by molar-refractivity contribution is 5.65. The van der Waals surface area contributed by atoms with Crippen molar-refractivity contribution in [3.63, 3.8) is 0 Å². The minimum atomic E-state index is -0.947. The molecular weight excluding hydrogens is 218 g/mol. The van der Waals surface area contributed by atoms with Crippen molar-refractivity contribution < 1.29 is 14.6 Å². The number of nitrogens with one attached hydrogen (secondary N) is 1. The van der Waals surface area contributed by atoms with Crippen molar-refractivity contribution in [1.82, 2.24) is 5.32 Å². The quantitative estimate of drug-likeness (QED) is 0.843. The molecule has 4 heteroatoms. The summed E-state index contributed by atoms with van der Waals surface area (Å²) in [6.45, 7) is 3.98. The zero-order valence-electron chi connectivity index (χ0n) is 10.0. The van der Waals surface area contributed by atoms with E-state index in [0.717, 1.165) is 12.2 Å². The van der Waals surface area contributed by atoms with Gasteiger partial charge in [0.15, 0.2) is 0 Å². The molecule has 0 aliphatic heterocycles. The van der Waals surface area contributed by atoms with Gasteiger partial charge in [0.05, 0.1) is 6.10 Å². The van der Waals surface area contributed by atoms with E-state index in [4.69, 9.17) is 9.84 Å². The van der Waals surface area contributed by atoms with E-state index in [-0.39, 0.29) is 12.1 Å². The molecule has 2 unspecified atom stereocenters. The minimum Gasteiger partial charge on any atom is -0.491 e. The molecule has 2 rings (SSSR count). The van der Waals surface area contributed by atoms with E-state index < -0.39 is 6.09 Å². The topological polar surface area (TPSA) is 58.6 Å². The van der Waals surface area contributed by atoms with E-state index in [9.17, 15) is 4.79 Å². The van der Waals surface area contributed by atoms with Crippen LogP contribution in [0.5, 0.6) is 5.75 Å². The van der Waals surface area contributed by atoms with Gasteiger partial charge in [0.1, 0.15) is 5.75 Å². The summed E-state index contributed by atoms with van der Waals surface area (Å²) in [6, 6.07) is 7.96. The molecule has 92 valence electrons. The molecule has 1 aromatic carbocycles. The third kappa shape index (κ3) is 3.12. The SMILES string of the molecule is CC(C)Oc1ccc(C2CC2NC(=O)O)cc1. The summed E-state index contributed by atoms with van der Waals surface area (Å²) in [5, 5.41) is 11.1. The van der Waals surface area contributed by atoms with Gasteiger partial charge >= 0.3 is 6.09 Å². The number of benzene rings is 1. The smallest absolute Gasteiger partial charge is 0.404 e. The molecule has 17 heavy (non-hydrogen) atoms. The molecule has 1 saturated carbocycles. The zero-order chi connectivity index (χ0) is 12.4. The lowest BCUT2D eigenvalue weighted by molar-refractivity contribution is 0.193. The van der Waals surface area contributed by atoms with Crippen molar-refractivity contribution in [2.45, 2.75) is 38.3 Å². The average Bonchev–Trinajstić information content (AvgIpc) is 2.96. The summed E-state index contributed by atoms with van der Waals surface area (Å²) in [6.07, 6.45) is 0.108. The molecule has 1 aliphatic rings. The number of rotatable bonds is 4. The highest BCUT2D eigenvalue weighted by Gasteiger charge is 2.39. The molecular formula is C13H17NO3. The zero-order valence-corrected chi connectivity index (χ0v) is 10.0. The van der Waals surface area contributed by atoms with Gasteiger partial charge < -0.3 is 15.2 Å². The van der Waals surface area contributed by atoms with Crippen molar-refractivity contribution in [3.05, 3.63) is 29.8 Å². The van der Waals surface area contributed by atoms with Crippen molar-refractivity contribution >= 4 is 6.09 Å². The van der Waals surface area contributed by atoms with Gasteiger partial charge in [0, 0.05) is 12.0 Å². The second kappa shape index (κ2) is 4.65. The molecule has 0 bridgehead atoms. The highest BCUT2D eigenvalue weighted by atomic mass is 16.5. The van der Waals surface area contributed by atoms with Gasteiger partial charge in [0.2, 0.25) is 0 Å². The number of carbonyl (C=O) groups is 1. The van der Waals surface area contributed by atoms with E-state index >= 15 is 0 Å².